The van der Waals surface area contributed by atoms with E-state index in [4.69, 9.17) is 14.6 Å². The molecule has 3 rings (SSSR count). The van der Waals surface area contributed by atoms with Crippen molar-refractivity contribution in [1.82, 2.24) is 0 Å². The van der Waals surface area contributed by atoms with E-state index in [0.29, 0.717) is 23.1 Å². The maximum Gasteiger partial charge on any atom is 0.229 e. The van der Waals surface area contributed by atoms with E-state index in [0.717, 1.165) is 5.56 Å². The van der Waals surface area contributed by atoms with Crippen molar-refractivity contribution in [2.45, 2.75) is 49.7 Å². The van der Waals surface area contributed by atoms with Crippen LogP contribution in [0.5, 0.6) is 11.5 Å². The van der Waals surface area contributed by atoms with Gasteiger partial charge in [0.2, 0.25) is 6.29 Å². The maximum atomic E-state index is 10.6. The molecule has 0 aliphatic carbocycles. The standard InChI is InChI=1S/C24H30O9/c1-2-3-13-5-7-19(32-24-23(31)22(30)21(29)20(12-26)33-24)17(9-13)16-10-14(4-6-18(16)28)8-15(27)11-25/h2,4-7,9-10,15,20-31H,1,3,8,11-12H2/t15-,20-,21-,22+,23-,24-/m1/s1. The Bertz CT molecular complexity index is 946. The molecule has 9 nitrogen and oxygen atoms in total. The highest BCUT2D eigenvalue weighted by atomic mass is 16.7. The van der Waals surface area contributed by atoms with Crippen molar-refractivity contribution in [3.63, 3.8) is 0 Å². The molecule has 0 bridgehead atoms. The summed E-state index contributed by atoms with van der Waals surface area (Å²) in [6.07, 6.45) is -5.78. The van der Waals surface area contributed by atoms with E-state index in [1.807, 2.05) is 0 Å². The molecule has 0 unspecified atom stereocenters. The van der Waals surface area contributed by atoms with Crippen LogP contribution < -0.4 is 4.74 Å². The fourth-order valence-corrected chi connectivity index (χ4v) is 3.74. The Morgan fingerprint density at radius 3 is 2.33 bits per heavy atom. The summed E-state index contributed by atoms with van der Waals surface area (Å²) in [7, 11) is 0. The largest absolute Gasteiger partial charge is 0.507 e. The Balaban J connectivity index is 2.01. The van der Waals surface area contributed by atoms with Crippen LogP contribution in [-0.4, -0.2) is 85.8 Å². The Kier molecular flexibility index (Phi) is 8.44. The molecule has 1 heterocycles. The van der Waals surface area contributed by atoms with Gasteiger partial charge in [0.15, 0.2) is 0 Å². The van der Waals surface area contributed by atoms with Crippen molar-refractivity contribution in [3.8, 4) is 22.6 Å². The topological polar surface area (TPSA) is 160 Å². The van der Waals surface area contributed by atoms with Crippen molar-refractivity contribution in [2.75, 3.05) is 13.2 Å². The summed E-state index contributed by atoms with van der Waals surface area (Å²) < 4.78 is 11.3. The van der Waals surface area contributed by atoms with Crippen LogP contribution in [0, 0.1) is 0 Å². The Morgan fingerprint density at radius 1 is 0.970 bits per heavy atom. The third-order valence-corrected chi connectivity index (χ3v) is 5.55. The van der Waals surface area contributed by atoms with Gasteiger partial charge in [-0.1, -0.05) is 18.2 Å². The molecule has 1 aliphatic rings. The minimum Gasteiger partial charge on any atom is -0.507 e. The summed E-state index contributed by atoms with van der Waals surface area (Å²) in [5, 5.41) is 69.3. The summed E-state index contributed by atoms with van der Waals surface area (Å²) in [4.78, 5) is 0. The van der Waals surface area contributed by atoms with Crippen LogP contribution in [0.3, 0.4) is 0 Å². The average molecular weight is 462 g/mol. The minimum atomic E-state index is -1.60. The number of ether oxygens (including phenoxy) is 2. The van der Waals surface area contributed by atoms with Gasteiger partial charge in [0.05, 0.1) is 19.3 Å². The zero-order valence-corrected chi connectivity index (χ0v) is 18.0. The van der Waals surface area contributed by atoms with Crippen LogP contribution in [-0.2, 0) is 17.6 Å². The number of hydrogen-bond donors (Lipinski definition) is 7. The molecule has 9 heteroatoms. The number of allylic oxidation sites excluding steroid dienone is 1. The Morgan fingerprint density at radius 2 is 1.67 bits per heavy atom. The highest BCUT2D eigenvalue weighted by molar-refractivity contribution is 5.77. The molecule has 2 aromatic carbocycles. The molecule has 1 saturated heterocycles. The third-order valence-electron chi connectivity index (χ3n) is 5.55. The number of aliphatic hydroxyl groups excluding tert-OH is 6. The predicted molar refractivity (Wildman–Crippen MR) is 119 cm³/mol. The van der Waals surface area contributed by atoms with E-state index < -0.39 is 50.0 Å². The lowest BCUT2D eigenvalue weighted by Crippen LogP contribution is -2.60. The van der Waals surface area contributed by atoms with Crippen molar-refractivity contribution in [3.05, 3.63) is 60.2 Å². The quantitative estimate of drug-likeness (QED) is 0.252. The Hall–Kier alpha value is -2.50. The van der Waals surface area contributed by atoms with E-state index in [1.54, 1.807) is 36.4 Å². The van der Waals surface area contributed by atoms with Gasteiger partial charge in [0, 0.05) is 17.5 Å². The first-order valence-corrected chi connectivity index (χ1v) is 10.6. The lowest BCUT2D eigenvalue weighted by molar-refractivity contribution is -0.277. The number of phenolic OH excluding ortho intramolecular Hbond substituents is 1. The summed E-state index contributed by atoms with van der Waals surface area (Å²) in [5.74, 6) is 0.147. The fraction of sp³-hybridized carbons (Fsp3) is 0.417. The van der Waals surface area contributed by atoms with Crippen molar-refractivity contribution < 1.29 is 45.2 Å². The van der Waals surface area contributed by atoms with Gasteiger partial charge in [-0.15, -0.1) is 6.58 Å². The van der Waals surface area contributed by atoms with Crippen LogP contribution in [0.2, 0.25) is 0 Å². The van der Waals surface area contributed by atoms with Crippen molar-refractivity contribution >= 4 is 0 Å². The van der Waals surface area contributed by atoms with Crippen LogP contribution >= 0.6 is 0 Å². The average Bonchev–Trinajstić information content (AvgIpc) is 2.81. The number of aliphatic hydroxyl groups is 6. The molecule has 2 aromatic rings. The number of phenols is 1. The predicted octanol–water partition coefficient (Wildman–Crippen LogP) is -0.138. The van der Waals surface area contributed by atoms with E-state index in [9.17, 15) is 30.6 Å². The van der Waals surface area contributed by atoms with Gasteiger partial charge in [0.1, 0.15) is 35.9 Å². The molecule has 7 N–H and O–H groups in total. The smallest absolute Gasteiger partial charge is 0.229 e. The molecule has 0 aromatic heterocycles. The second-order valence-corrected chi connectivity index (χ2v) is 8.03. The molecule has 0 radical (unpaired) electrons. The lowest BCUT2D eigenvalue weighted by Gasteiger charge is -2.39. The van der Waals surface area contributed by atoms with Crippen LogP contribution in [0.4, 0.5) is 0 Å². The van der Waals surface area contributed by atoms with Crippen LogP contribution in [0.25, 0.3) is 11.1 Å². The SMILES string of the molecule is C=CCc1ccc(O[C@@H]2O[C@H](CO)[C@@H](O)[C@H](O)[C@H]2O)c(-c2cc(C[C@@H](O)CO)ccc2O)c1. The number of aromatic hydroxyl groups is 1. The molecular formula is C24H30O9. The van der Waals surface area contributed by atoms with Crippen molar-refractivity contribution in [1.29, 1.82) is 0 Å². The molecule has 6 atom stereocenters. The molecule has 1 fully saturated rings. The van der Waals surface area contributed by atoms with Gasteiger partial charge in [-0.05, 0) is 41.8 Å². The summed E-state index contributed by atoms with van der Waals surface area (Å²) in [6, 6.07) is 9.89. The van der Waals surface area contributed by atoms with E-state index in [-0.39, 0.29) is 17.9 Å². The zero-order chi connectivity index (χ0) is 24.1. The zero-order valence-electron chi connectivity index (χ0n) is 18.0. The molecular weight excluding hydrogens is 432 g/mol. The summed E-state index contributed by atoms with van der Waals surface area (Å²) in [6.45, 7) is 2.73. The monoisotopic (exact) mass is 462 g/mol. The highest BCUT2D eigenvalue weighted by Crippen LogP contribution is 2.39. The van der Waals surface area contributed by atoms with E-state index >= 15 is 0 Å². The number of hydrogen-bond acceptors (Lipinski definition) is 9. The first-order valence-electron chi connectivity index (χ1n) is 10.6. The molecule has 33 heavy (non-hydrogen) atoms. The van der Waals surface area contributed by atoms with Gasteiger partial charge < -0.3 is 45.2 Å². The van der Waals surface area contributed by atoms with Crippen LogP contribution in [0.1, 0.15) is 11.1 Å². The first-order chi connectivity index (χ1) is 15.8. The number of rotatable bonds is 9. The van der Waals surface area contributed by atoms with E-state index in [1.165, 1.54) is 6.07 Å². The molecule has 0 spiro atoms. The molecule has 1 aliphatic heterocycles. The summed E-state index contributed by atoms with van der Waals surface area (Å²) >= 11 is 0. The van der Waals surface area contributed by atoms with Gasteiger partial charge in [-0.2, -0.15) is 0 Å². The number of benzene rings is 2. The molecule has 180 valence electrons. The second kappa shape index (κ2) is 11.1. The van der Waals surface area contributed by atoms with Gasteiger partial charge >= 0.3 is 0 Å². The minimum absolute atomic E-state index is 0.0633. The highest BCUT2D eigenvalue weighted by Gasteiger charge is 2.44. The third kappa shape index (κ3) is 5.71. The summed E-state index contributed by atoms with van der Waals surface area (Å²) in [5.41, 5.74) is 2.35. The van der Waals surface area contributed by atoms with Crippen LogP contribution in [0.15, 0.2) is 49.1 Å². The van der Waals surface area contributed by atoms with Gasteiger partial charge in [0.25, 0.3) is 0 Å². The van der Waals surface area contributed by atoms with E-state index in [2.05, 4.69) is 6.58 Å². The molecule has 0 amide bonds. The van der Waals surface area contributed by atoms with Gasteiger partial charge in [-0.25, -0.2) is 0 Å². The molecule has 0 saturated carbocycles. The lowest BCUT2D eigenvalue weighted by atomic mass is 9.96. The van der Waals surface area contributed by atoms with Crippen molar-refractivity contribution in [2.24, 2.45) is 0 Å². The second-order valence-electron chi connectivity index (χ2n) is 8.03. The Labute approximate surface area is 191 Å². The normalized spacial score (nSPS) is 26.1. The maximum absolute atomic E-state index is 10.6. The van der Waals surface area contributed by atoms with Gasteiger partial charge in [-0.3, -0.25) is 0 Å². The fourth-order valence-electron chi connectivity index (χ4n) is 3.74. The first kappa shape index (κ1) is 25.1.